The zero-order valence-corrected chi connectivity index (χ0v) is 12.8. The van der Waals surface area contributed by atoms with E-state index in [9.17, 15) is 0 Å². The monoisotopic (exact) mass is 262 g/mol. The number of aryl methyl sites for hydroxylation is 1. The molecule has 3 heteroatoms. The Kier molecular flexibility index (Phi) is 4.48. The molecule has 1 aliphatic rings. The quantitative estimate of drug-likeness (QED) is 0.902. The van der Waals surface area contributed by atoms with Gasteiger partial charge in [-0.25, -0.2) is 0 Å². The van der Waals surface area contributed by atoms with Gasteiger partial charge >= 0.3 is 0 Å². The highest BCUT2D eigenvalue weighted by atomic mass is 16.5. The summed E-state index contributed by atoms with van der Waals surface area (Å²) in [6.45, 7) is 9.89. The van der Waals surface area contributed by atoms with Crippen molar-refractivity contribution < 1.29 is 4.74 Å². The van der Waals surface area contributed by atoms with Crippen molar-refractivity contribution in [1.29, 1.82) is 0 Å². The first-order valence-corrected chi connectivity index (χ1v) is 7.09. The van der Waals surface area contributed by atoms with Gasteiger partial charge in [0.25, 0.3) is 0 Å². The van der Waals surface area contributed by atoms with Gasteiger partial charge in [0.05, 0.1) is 7.11 Å². The number of hydrogen-bond acceptors (Lipinski definition) is 3. The van der Waals surface area contributed by atoms with Crippen LogP contribution in [-0.2, 0) is 6.42 Å². The third-order valence-corrected chi connectivity index (χ3v) is 4.51. The number of likely N-dealkylation sites (N-methyl/N-ethyl adjacent to an activating group) is 1. The lowest BCUT2D eigenvalue weighted by Gasteiger charge is -2.34. The van der Waals surface area contributed by atoms with Crippen molar-refractivity contribution in [2.75, 3.05) is 33.8 Å². The molecule has 3 nitrogen and oxygen atoms in total. The van der Waals surface area contributed by atoms with Crippen molar-refractivity contribution in [3.05, 3.63) is 28.3 Å². The van der Waals surface area contributed by atoms with Crippen molar-refractivity contribution in [3.8, 4) is 5.75 Å². The van der Waals surface area contributed by atoms with Crippen LogP contribution < -0.4 is 10.1 Å². The second-order valence-corrected chi connectivity index (χ2v) is 5.67. The number of nitrogens with one attached hydrogen (secondary N) is 1. The summed E-state index contributed by atoms with van der Waals surface area (Å²) in [7, 11) is 3.98. The predicted molar refractivity (Wildman–Crippen MR) is 80.2 cm³/mol. The molecule has 1 aromatic carbocycles. The predicted octanol–water partition coefficient (Wildman–Crippen LogP) is 2.07. The highest BCUT2D eigenvalue weighted by Crippen LogP contribution is 2.28. The summed E-state index contributed by atoms with van der Waals surface area (Å²) in [6, 6.07) is 2.77. The third kappa shape index (κ3) is 2.93. The van der Waals surface area contributed by atoms with Gasteiger partial charge in [-0.2, -0.15) is 0 Å². The maximum atomic E-state index is 5.45. The van der Waals surface area contributed by atoms with Crippen LogP contribution in [0.3, 0.4) is 0 Å². The summed E-state index contributed by atoms with van der Waals surface area (Å²) in [5.41, 5.74) is 5.49. The molecule has 0 aromatic heterocycles. The van der Waals surface area contributed by atoms with Gasteiger partial charge in [-0.1, -0.05) is 0 Å². The maximum Gasteiger partial charge on any atom is 0.122 e. The Balaban J connectivity index is 2.27. The topological polar surface area (TPSA) is 24.5 Å². The largest absolute Gasteiger partial charge is 0.496 e. The smallest absolute Gasteiger partial charge is 0.122 e. The van der Waals surface area contributed by atoms with E-state index in [1.807, 2.05) is 0 Å². The molecule has 0 bridgehead atoms. The molecule has 1 fully saturated rings. The molecule has 1 heterocycles. The van der Waals surface area contributed by atoms with E-state index in [0.29, 0.717) is 6.04 Å². The normalized spacial score (nSPS) is 20.6. The van der Waals surface area contributed by atoms with Crippen LogP contribution in [0, 0.1) is 20.8 Å². The van der Waals surface area contributed by atoms with Gasteiger partial charge in [-0.15, -0.1) is 0 Å². The average Bonchev–Trinajstić information content (AvgIpc) is 2.41. The first-order valence-electron chi connectivity index (χ1n) is 7.09. The number of benzene rings is 1. The van der Waals surface area contributed by atoms with Crippen LogP contribution in [0.2, 0.25) is 0 Å². The summed E-state index contributed by atoms with van der Waals surface area (Å²) in [4.78, 5) is 2.47. The zero-order chi connectivity index (χ0) is 14.0. The molecular formula is C16H26N2O. The van der Waals surface area contributed by atoms with Crippen LogP contribution in [0.5, 0.6) is 5.75 Å². The Hall–Kier alpha value is -1.06. The molecule has 1 unspecified atom stereocenters. The van der Waals surface area contributed by atoms with Crippen molar-refractivity contribution in [2.45, 2.75) is 33.2 Å². The minimum Gasteiger partial charge on any atom is -0.496 e. The molecule has 1 N–H and O–H groups in total. The SMILES string of the molecule is COc1cc(C)c(CC2CNCCN2C)c(C)c1C. The highest BCUT2D eigenvalue weighted by Gasteiger charge is 2.21. The number of hydrogen-bond donors (Lipinski definition) is 1. The molecule has 0 radical (unpaired) electrons. The number of ether oxygens (including phenoxy) is 1. The van der Waals surface area contributed by atoms with Gasteiger partial charge in [0.1, 0.15) is 5.75 Å². The first kappa shape index (κ1) is 14.4. The molecule has 2 rings (SSSR count). The highest BCUT2D eigenvalue weighted by molar-refractivity contribution is 5.48. The van der Waals surface area contributed by atoms with Crippen molar-refractivity contribution in [2.24, 2.45) is 0 Å². The van der Waals surface area contributed by atoms with Gasteiger partial charge in [-0.3, -0.25) is 0 Å². The average molecular weight is 262 g/mol. The minimum absolute atomic E-state index is 0.596. The zero-order valence-electron chi connectivity index (χ0n) is 12.8. The van der Waals surface area contributed by atoms with Crippen LogP contribution in [-0.4, -0.2) is 44.7 Å². The molecule has 1 aromatic rings. The van der Waals surface area contributed by atoms with Crippen LogP contribution >= 0.6 is 0 Å². The van der Waals surface area contributed by atoms with E-state index in [-0.39, 0.29) is 0 Å². The second kappa shape index (κ2) is 5.93. The van der Waals surface area contributed by atoms with E-state index in [1.165, 1.54) is 22.3 Å². The molecule has 1 saturated heterocycles. The Morgan fingerprint density at radius 2 is 2.05 bits per heavy atom. The third-order valence-electron chi connectivity index (χ3n) is 4.51. The van der Waals surface area contributed by atoms with Crippen LogP contribution in [0.15, 0.2) is 6.07 Å². The van der Waals surface area contributed by atoms with E-state index in [1.54, 1.807) is 7.11 Å². The number of rotatable bonds is 3. The minimum atomic E-state index is 0.596. The lowest BCUT2D eigenvalue weighted by molar-refractivity contribution is 0.199. The van der Waals surface area contributed by atoms with Crippen molar-refractivity contribution in [1.82, 2.24) is 10.2 Å². The molecule has 0 spiro atoms. The molecule has 0 aliphatic carbocycles. The van der Waals surface area contributed by atoms with Crippen LogP contribution in [0.4, 0.5) is 0 Å². The van der Waals surface area contributed by atoms with Gasteiger partial charge in [0, 0.05) is 25.7 Å². The summed E-state index contributed by atoms with van der Waals surface area (Å²) >= 11 is 0. The Labute approximate surface area is 116 Å². The van der Waals surface area contributed by atoms with E-state index >= 15 is 0 Å². The Morgan fingerprint density at radius 1 is 1.32 bits per heavy atom. The van der Waals surface area contributed by atoms with Gasteiger partial charge in [0.15, 0.2) is 0 Å². The van der Waals surface area contributed by atoms with Gasteiger partial charge in [-0.05, 0) is 62.6 Å². The lowest BCUT2D eigenvalue weighted by atomic mass is 9.91. The lowest BCUT2D eigenvalue weighted by Crippen LogP contribution is -2.50. The van der Waals surface area contributed by atoms with Crippen LogP contribution in [0.1, 0.15) is 22.3 Å². The first-order chi connectivity index (χ1) is 9.04. The summed E-state index contributed by atoms with van der Waals surface area (Å²) in [5, 5.41) is 3.50. The molecular weight excluding hydrogens is 236 g/mol. The number of nitrogens with zero attached hydrogens (tertiary/aromatic N) is 1. The second-order valence-electron chi connectivity index (χ2n) is 5.67. The molecule has 0 saturated carbocycles. The van der Waals surface area contributed by atoms with E-state index in [2.05, 4.69) is 44.1 Å². The molecule has 1 atom stereocenters. The van der Waals surface area contributed by atoms with E-state index < -0.39 is 0 Å². The van der Waals surface area contributed by atoms with Crippen molar-refractivity contribution >= 4 is 0 Å². The fourth-order valence-corrected chi connectivity index (χ4v) is 2.95. The molecule has 1 aliphatic heterocycles. The number of methoxy groups -OCH3 is 1. The van der Waals surface area contributed by atoms with Crippen LogP contribution in [0.25, 0.3) is 0 Å². The fourth-order valence-electron chi connectivity index (χ4n) is 2.95. The molecule has 19 heavy (non-hydrogen) atoms. The standard InChI is InChI=1S/C16H26N2O/c1-11-8-16(19-5)13(3)12(2)15(11)9-14-10-17-6-7-18(14)4/h8,14,17H,6-7,9-10H2,1-5H3. The summed E-state index contributed by atoms with van der Waals surface area (Å²) in [5.74, 6) is 1.01. The van der Waals surface area contributed by atoms with Gasteiger partial charge in [0.2, 0.25) is 0 Å². The van der Waals surface area contributed by atoms with Crippen molar-refractivity contribution in [3.63, 3.8) is 0 Å². The Bertz CT molecular complexity index is 457. The molecule has 0 amide bonds. The summed E-state index contributed by atoms with van der Waals surface area (Å²) in [6.07, 6.45) is 1.12. The van der Waals surface area contributed by atoms with E-state index in [0.717, 1.165) is 31.8 Å². The Morgan fingerprint density at radius 3 is 2.68 bits per heavy atom. The number of piperazine rings is 1. The van der Waals surface area contributed by atoms with Gasteiger partial charge < -0.3 is 15.0 Å². The van der Waals surface area contributed by atoms with E-state index in [4.69, 9.17) is 4.74 Å². The molecule has 106 valence electrons. The summed E-state index contributed by atoms with van der Waals surface area (Å²) < 4.78 is 5.45. The fraction of sp³-hybridized carbons (Fsp3) is 0.625. The maximum absolute atomic E-state index is 5.45.